The summed E-state index contributed by atoms with van der Waals surface area (Å²) < 4.78 is 5.32. The van der Waals surface area contributed by atoms with Crippen molar-refractivity contribution in [1.82, 2.24) is 9.80 Å². The summed E-state index contributed by atoms with van der Waals surface area (Å²) in [7, 11) is 3.94. The van der Waals surface area contributed by atoms with Crippen LogP contribution >= 0.6 is 0 Å². The third kappa shape index (κ3) is 3.97. The van der Waals surface area contributed by atoms with Gasteiger partial charge < -0.3 is 9.64 Å². The van der Waals surface area contributed by atoms with E-state index in [1.807, 2.05) is 19.0 Å². The number of likely N-dealkylation sites (N-methyl/N-ethyl adjacent to an activating group) is 1. The lowest BCUT2D eigenvalue weighted by molar-refractivity contribution is -0.139. The number of amides is 2. The lowest BCUT2D eigenvalue weighted by Gasteiger charge is -2.14. The van der Waals surface area contributed by atoms with E-state index in [0.717, 1.165) is 6.54 Å². The fraction of sp³-hybridized carbons (Fsp3) is 0.800. The summed E-state index contributed by atoms with van der Waals surface area (Å²) in [4.78, 5) is 25.7. The second kappa shape index (κ2) is 5.82. The minimum absolute atomic E-state index is 0.0730. The Balaban J connectivity index is 2.09. The van der Waals surface area contributed by atoms with Crippen molar-refractivity contribution in [3.8, 4) is 0 Å². The predicted molar refractivity (Wildman–Crippen MR) is 55.3 cm³/mol. The zero-order valence-electron chi connectivity index (χ0n) is 9.36. The normalized spacial score (nSPS) is 16.9. The average Bonchev–Trinajstić information content (AvgIpc) is 2.47. The van der Waals surface area contributed by atoms with Crippen molar-refractivity contribution in [2.24, 2.45) is 0 Å². The van der Waals surface area contributed by atoms with Crippen LogP contribution in [0.15, 0.2) is 0 Å². The fourth-order valence-corrected chi connectivity index (χ4v) is 1.38. The van der Waals surface area contributed by atoms with E-state index < -0.39 is 0 Å². The van der Waals surface area contributed by atoms with Gasteiger partial charge in [0.2, 0.25) is 11.8 Å². The third-order valence-corrected chi connectivity index (χ3v) is 2.30. The van der Waals surface area contributed by atoms with Crippen molar-refractivity contribution in [1.29, 1.82) is 0 Å². The van der Waals surface area contributed by atoms with Gasteiger partial charge in [-0.2, -0.15) is 0 Å². The summed E-state index contributed by atoms with van der Waals surface area (Å²) in [6, 6.07) is 0. The molecule has 0 atom stereocenters. The fourth-order valence-electron chi connectivity index (χ4n) is 1.38. The number of ether oxygens (including phenoxy) is 1. The predicted octanol–water partition coefficient (Wildman–Crippen LogP) is -0.286. The van der Waals surface area contributed by atoms with Crippen molar-refractivity contribution in [2.75, 3.05) is 40.4 Å². The van der Waals surface area contributed by atoms with Crippen molar-refractivity contribution in [3.05, 3.63) is 0 Å². The Hall–Kier alpha value is -0.940. The number of hydrogen-bond donors (Lipinski definition) is 0. The lowest BCUT2D eigenvalue weighted by atomic mass is 10.4. The van der Waals surface area contributed by atoms with Crippen molar-refractivity contribution < 1.29 is 14.3 Å². The molecule has 15 heavy (non-hydrogen) atoms. The van der Waals surface area contributed by atoms with E-state index in [1.54, 1.807) is 0 Å². The minimum Gasteiger partial charge on any atom is -0.378 e. The van der Waals surface area contributed by atoms with Gasteiger partial charge in [-0.05, 0) is 14.1 Å². The highest BCUT2D eigenvalue weighted by Gasteiger charge is 2.27. The van der Waals surface area contributed by atoms with E-state index in [2.05, 4.69) is 0 Å². The molecule has 86 valence electrons. The van der Waals surface area contributed by atoms with Gasteiger partial charge in [0, 0.05) is 19.4 Å². The molecule has 0 aromatic carbocycles. The third-order valence-electron chi connectivity index (χ3n) is 2.30. The first kappa shape index (κ1) is 12.1. The lowest BCUT2D eigenvalue weighted by Crippen LogP contribution is -2.32. The molecule has 2 amide bonds. The van der Waals surface area contributed by atoms with E-state index in [4.69, 9.17) is 4.74 Å². The first-order valence-electron chi connectivity index (χ1n) is 5.17. The molecule has 0 bridgehead atoms. The van der Waals surface area contributed by atoms with Gasteiger partial charge in [-0.1, -0.05) is 0 Å². The van der Waals surface area contributed by atoms with Gasteiger partial charge in [-0.15, -0.1) is 0 Å². The molecule has 0 aromatic rings. The summed E-state index contributed by atoms with van der Waals surface area (Å²) in [5, 5.41) is 0. The van der Waals surface area contributed by atoms with Gasteiger partial charge >= 0.3 is 0 Å². The van der Waals surface area contributed by atoms with E-state index in [-0.39, 0.29) is 11.8 Å². The second-order valence-corrected chi connectivity index (χ2v) is 3.85. The van der Waals surface area contributed by atoms with Gasteiger partial charge in [0.15, 0.2) is 0 Å². The van der Waals surface area contributed by atoms with Crippen LogP contribution in [-0.4, -0.2) is 62.0 Å². The largest absolute Gasteiger partial charge is 0.378 e. The van der Waals surface area contributed by atoms with Crippen LogP contribution in [-0.2, 0) is 14.3 Å². The number of carbonyl (C=O) groups excluding carboxylic acids is 2. The van der Waals surface area contributed by atoms with Gasteiger partial charge in [-0.25, -0.2) is 0 Å². The summed E-state index contributed by atoms with van der Waals surface area (Å²) >= 11 is 0. The van der Waals surface area contributed by atoms with Gasteiger partial charge in [0.1, 0.15) is 0 Å². The van der Waals surface area contributed by atoms with Crippen molar-refractivity contribution in [3.63, 3.8) is 0 Å². The van der Waals surface area contributed by atoms with E-state index >= 15 is 0 Å². The standard InChI is InChI=1S/C10H18N2O3/c1-11(2)5-7-15-8-6-12-9(13)3-4-10(12)14/h3-8H2,1-2H3. The van der Waals surface area contributed by atoms with Crippen LogP contribution in [0.3, 0.4) is 0 Å². The number of rotatable bonds is 6. The molecule has 1 aliphatic heterocycles. The van der Waals surface area contributed by atoms with Gasteiger partial charge in [0.25, 0.3) is 0 Å². The molecule has 0 aliphatic carbocycles. The molecule has 0 aromatic heterocycles. The topological polar surface area (TPSA) is 49.9 Å². The molecule has 0 spiro atoms. The highest BCUT2D eigenvalue weighted by molar-refractivity contribution is 6.01. The first-order valence-corrected chi connectivity index (χ1v) is 5.17. The van der Waals surface area contributed by atoms with Crippen LogP contribution in [0, 0.1) is 0 Å². The molecule has 0 unspecified atom stereocenters. The SMILES string of the molecule is CN(C)CCOCCN1C(=O)CCC1=O. The van der Waals surface area contributed by atoms with Gasteiger partial charge in [0.05, 0.1) is 19.8 Å². The molecule has 1 rings (SSSR count). The van der Waals surface area contributed by atoms with Crippen molar-refractivity contribution >= 4 is 11.8 Å². The molecule has 0 radical (unpaired) electrons. The molecule has 1 fully saturated rings. The van der Waals surface area contributed by atoms with Crippen LogP contribution in [0.25, 0.3) is 0 Å². The Morgan fingerprint density at radius 2 is 1.80 bits per heavy atom. The number of carbonyl (C=O) groups is 2. The molecule has 0 N–H and O–H groups in total. The quantitative estimate of drug-likeness (QED) is 0.450. The number of nitrogens with zero attached hydrogens (tertiary/aromatic N) is 2. The monoisotopic (exact) mass is 214 g/mol. The summed E-state index contributed by atoms with van der Waals surface area (Å²) in [6.07, 6.45) is 0.715. The molecule has 0 saturated carbocycles. The van der Waals surface area contributed by atoms with Crippen LogP contribution in [0.2, 0.25) is 0 Å². The summed E-state index contributed by atoms with van der Waals surface area (Å²) in [6.45, 7) is 2.31. The number of hydrogen-bond acceptors (Lipinski definition) is 4. The molecular formula is C10H18N2O3. The van der Waals surface area contributed by atoms with E-state index in [9.17, 15) is 9.59 Å². The maximum atomic E-state index is 11.2. The zero-order valence-corrected chi connectivity index (χ0v) is 9.36. The van der Waals surface area contributed by atoms with E-state index in [0.29, 0.717) is 32.6 Å². The van der Waals surface area contributed by atoms with Crippen LogP contribution < -0.4 is 0 Å². The molecule has 1 aliphatic rings. The number of likely N-dealkylation sites (tertiary alicyclic amines) is 1. The van der Waals surface area contributed by atoms with Crippen molar-refractivity contribution in [2.45, 2.75) is 12.8 Å². The summed E-state index contributed by atoms with van der Waals surface area (Å²) in [5.41, 5.74) is 0. The average molecular weight is 214 g/mol. The maximum absolute atomic E-state index is 11.2. The Morgan fingerprint density at radius 3 is 2.33 bits per heavy atom. The second-order valence-electron chi connectivity index (χ2n) is 3.85. The Morgan fingerprint density at radius 1 is 1.20 bits per heavy atom. The highest BCUT2D eigenvalue weighted by Crippen LogP contribution is 2.10. The molecule has 1 heterocycles. The molecule has 5 heteroatoms. The Bertz CT molecular complexity index is 225. The summed E-state index contributed by atoms with van der Waals surface area (Å²) in [5.74, 6) is -0.146. The number of imide groups is 1. The zero-order chi connectivity index (χ0) is 11.3. The Labute approximate surface area is 90.0 Å². The van der Waals surface area contributed by atoms with E-state index in [1.165, 1.54) is 4.90 Å². The maximum Gasteiger partial charge on any atom is 0.229 e. The van der Waals surface area contributed by atoms with Crippen LogP contribution in [0.5, 0.6) is 0 Å². The van der Waals surface area contributed by atoms with Crippen LogP contribution in [0.1, 0.15) is 12.8 Å². The molecule has 5 nitrogen and oxygen atoms in total. The first-order chi connectivity index (χ1) is 7.11. The smallest absolute Gasteiger partial charge is 0.229 e. The minimum atomic E-state index is -0.0730. The Kier molecular flexibility index (Phi) is 4.71. The highest BCUT2D eigenvalue weighted by atomic mass is 16.5. The molecular weight excluding hydrogens is 196 g/mol. The molecule has 1 saturated heterocycles. The van der Waals surface area contributed by atoms with Gasteiger partial charge in [-0.3, -0.25) is 14.5 Å². The van der Waals surface area contributed by atoms with Crippen LogP contribution in [0.4, 0.5) is 0 Å².